The second-order valence-electron chi connectivity index (χ2n) is 6.58. The number of nitrogens with zero attached hydrogens (tertiary/aromatic N) is 2. The average molecular weight is 407 g/mol. The number of methoxy groups -OCH3 is 1. The Kier molecular flexibility index (Phi) is 6.26. The van der Waals surface area contributed by atoms with Crippen molar-refractivity contribution >= 4 is 23.5 Å². The van der Waals surface area contributed by atoms with E-state index in [-0.39, 0.29) is 18.4 Å². The van der Waals surface area contributed by atoms with Crippen molar-refractivity contribution in [2.45, 2.75) is 13.5 Å². The molecule has 0 bridgehead atoms. The number of amides is 2. The minimum atomic E-state index is -0.486. The van der Waals surface area contributed by atoms with Crippen LogP contribution in [0.2, 0.25) is 0 Å². The van der Waals surface area contributed by atoms with E-state index in [9.17, 15) is 14.4 Å². The number of furan rings is 1. The molecule has 3 aromatic rings. The second kappa shape index (κ2) is 9.04. The van der Waals surface area contributed by atoms with Gasteiger partial charge >= 0.3 is 5.97 Å². The zero-order valence-corrected chi connectivity index (χ0v) is 16.8. The number of pyridine rings is 1. The van der Waals surface area contributed by atoms with Crippen molar-refractivity contribution in [3.05, 3.63) is 83.1 Å². The first-order valence-corrected chi connectivity index (χ1v) is 9.14. The number of carbonyl (C=O) groups excluding carboxylic acids is 3. The third-order valence-electron chi connectivity index (χ3n) is 4.40. The van der Waals surface area contributed by atoms with Crippen molar-refractivity contribution < 1.29 is 23.5 Å². The Hall–Kier alpha value is -3.94. The Labute approximate surface area is 173 Å². The highest BCUT2D eigenvalue weighted by molar-refractivity contribution is 6.03. The van der Waals surface area contributed by atoms with Gasteiger partial charge < -0.3 is 19.4 Å². The molecule has 1 aromatic carbocycles. The highest BCUT2D eigenvalue weighted by Gasteiger charge is 2.19. The Balaban J connectivity index is 1.64. The van der Waals surface area contributed by atoms with Crippen LogP contribution in [0.4, 0.5) is 5.69 Å². The number of rotatable bonds is 6. The smallest absolute Gasteiger partial charge is 0.341 e. The summed E-state index contributed by atoms with van der Waals surface area (Å²) in [6, 6.07) is 13.2. The maximum Gasteiger partial charge on any atom is 0.341 e. The Morgan fingerprint density at radius 1 is 1.13 bits per heavy atom. The fraction of sp³-hybridized carbons (Fsp3) is 0.182. The van der Waals surface area contributed by atoms with Gasteiger partial charge in [0.1, 0.15) is 22.8 Å². The van der Waals surface area contributed by atoms with Crippen LogP contribution in [0.15, 0.2) is 59.1 Å². The molecule has 2 aromatic heterocycles. The molecule has 0 fully saturated rings. The molecule has 0 aliphatic carbocycles. The van der Waals surface area contributed by atoms with Crippen LogP contribution in [0.25, 0.3) is 0 Å². The first-order chi connectivity index (χ1) is 14.4. The van der Waals surface area contributed by atoms with E-state index in [0.29, 0.717) is 34.0 Å². The van der Waals surface area contributed by atoms with Crippen LogP contribution >= 0.6 is 0 Å². The molecule has 0 aliphatic rings. The molecule has 30 heavy (non-hydrogen) atoms. The van der Waals surface area contributed by atoms with Gasteiger partial charge in [0.2, 0.25) is 0 Å². The average Bonchev–Trinajstić information content (AvgIpc) is 3.13. The van der Waals surface area contributed by atoms with Crippen molar-refractivity contribution in [2.24, 2.45) is 0 Å². The largest absolute Gasteiger partial charge is 0.465 e. The molecule has 0 aliphatic heterocycles. The molecule has 0 atom stereocenters. The second-order valence-corrected chi connectivity index (χ2v) is 6.58. The summed E-state index contributed by atoms with van der Waals surface area (Å²) in [5.41, 5.74) is 1.64. The quantitative estimate of drug-likeness (QED) is 0.629. The highest BCUT2D eigenvalue weighted by atomic mass is 16.5. The maximum absolute atomic E-state index is 12.7. The lowest BCUT2D eigenvalue weighted by Gasteiger charge is -2.16. The van der Waals surface area contributed by atoms with Gasteiger partial charge in [-0.1, -0.05) is 6.07 Å². The zero-order chi connectivity index (χ0) is 21.7. The summed E-state index contributed by atoms with van der Waals surface area (Å²) >= 11 is 0. The van der Waals surface area contributed by atoms with Crippen molar-refractivity contribution in [1.82, 2.24) is 9.88 Å². The number of esters is 1. The number of hydrogen-bond donors (Lipinski definition) is 1. The summed E-state index contributed by atoms with van der Waals surface area (Å²) < 4.78 is 10.3. The van der Waals surface area contributed by atoms with Gasteiger partial charge in [0.05, 0.1) is 13.7 Å². The number of carbonyl (C=O) groups is 3. The lowest BCUT2D eigenvalue weighted by Crippen LogP contribution is -2.26. The lowest BCUT2D eigenvalue weighted by molar-refractivity contribution is 0.0598. The van der Waals surface area contributed by atoms with Crippen LogP contribution in [0, 0.1) is 6.92 Å². The minimum absolute atomic E-state index is 0.189. The van der Waals surface area contributed by atoms with Gasteiger partial charge in [-0.3, -0.25) is 14.6 Å². The normalized spacial score (nSPS) is 10.4. The molecule has 2 heterocycles. The van der Waals surface area contributed by atoms with Gasteiger partial charge in [0, 0.05) is 24.5 Å². The maximum atomic E-state index is 12.7. The van der Waals surface area contributed by atoms with Crippen molar-refractivity contribution in [1.29, 1.82) is 0 Å². The van der Waals surface area contributed by atoms with E-state index in [2.05, 4.69) is 10.3 Å². The number of aryl methyl sites for hydroxylation is 1. The fourth-order valence-electron chi connectivity index (χ4n) is 2.85. The number of benzene rings is 1. The number of aromatic nitrogens is 1. The van der Waals surface area contributed by atoms with Crippen LogP contribution in [-0.2, 0) is 11.3 Å². The SMILES string of the molecule is COC(=O)c1cc(CN(C)C(=O)c2ccc(NC(=O)c3ccccn3)cc2)oc1C. The van der Waals surface area contributed by atoms with E-state index in [0.717, 1.165) is 0 Å². The first-order valence-electron chi connectivity index (χ1n) is 9.14. The van der Waals surface area contributed by atoms with Crippen molar-refractivity contribution in [3.63, 3.8) is 0 Å². The summed E-state index contributed by atoms with van der Waals surface area (Å²) in [5.74, 6) is -0.138. The van der Waals surface area contributed by atoms with Crippen LogP contribution in [-0.4, -0.2) is 41.8 Å². The van der Waals surface area contributed by atoms with Crippen LogP contribution in [0.5, 0.6) is 0 Å². The molecule has 3 rings (SSSR count). The number of anilines is 1. The van der Waals surface area contributed by atoms with Gasteiger partial charge in [0.15, 0.2) is 0 Å². The van der Waals surface area contributed by atoms with Gasteiger partial charge in [-0.2, -0.15) is 0 Å². The Bertz CT molecular complexity index is 1060. The van der Waals surface area contributed by atoms with Crippen LogP contribution < -0.4 is 5.32 Å². The standard InChI is InChI=1S/C22H21N3O5/c1-14-18(22(28)29-3)12-17(30-14)13-25(2)21(27)15-7-9-16(10-8-15)24-20(26)19-6-4-5-11-23-19/h4-12H,13H2,1-3H3,(H,24,26). The summed E-state index contributed by atoms with van der Waals surface area (Å²) in [4.78, 5) is 42.0. The molecule has 0 spiro atoms. The topological polar surface area (TPSA) is 102 Å². The van der Waals surface area contributed by atoms with E-state index in [4.69, 9.17) is 9.15 Å². The van der Waals surface area contributed by atoms with E-state index >= 15 is 0 Å². The molecule has 0 radical (unpaired) electrons. The summed E-state index contributed by atoms with van der Waals surface area (Å²) in [6.07, 6.45) is 1.54. The predicted octanol–water partition coefficient (Wildman–Crippen LogP) is 3.29. The van der Waals surface area contributed by atoms with Gasteiger partial charge in [0.25, 0.3) is 11.8 Å². The molecule has 154 valence electrons. The molecule has 1 N–H and O–H groups in total. The molecule has 8 nitrogen and oxygen atoms in total. The van der Waals surface area contributed by atoms with E-state index < -0.39 is 5.97 Å². The van der Waals surface area contributed by atoms with Gasteiger partial charge in [-0.05, 0) is 49.4 Å². The molecule has 0 saturated carbocycles. The van der Waals surface area contributed by atoms with Gasteiger partial charge in [-0.15, -0.1) is 0 Å². The predicted molar refractivity (Wildman–Crippen MR) is 109 cm³/mol. The number of hydrogen-bond acceptors (Lipinski definition) is 6. The highest BCUT2D eigenvalue weighted by Crippen LogP contribution is 2.18. The number of ether oxygens (including phenoxy) is 1. The van der Waals surface area contributed by atoms with Crippen LogP contribution in [0.3, 0.4) is 0 Å². The number of nitrogens with one attached hydrogen (secondary N) is 1. The molecule has 0 unspecified atom stereocenters. The molecule has 0 saturated heterocycles. The molecular formula is C22H21N3O5. The van der Waals surface area contributed by atoms with Gasteiger partial charge in [-0.25, -0.2) is 4.79 Å². The van der Waals surface area contributed by atoms with Crippen molar-refractivity contribution in [2.75, 3.05) is 19.5 Å². The fourth-order valence-corrected chi connectivity index (χ4v) is 2.85. The van der Waals surface area contributed by atoms with E-state index in [1.807, 2.05) is 0 Å². The summed E-state index contributed by atoms with van der Waals surface area (Å²) in [6.45, 7) is 1.85. The molecular weight excluding hydrogens is 386 g/mol. The third-order valence-corrected chi connectivity index (χ3v) is 4.40. The summed E-state index contributed by atoms with van der Waals surface area (Å²) in [7, 11) is 2.93. The zero-order valence-electron chi connectivity index (χ0n) is 16.8. The monoisotopic (exact) mass is 407 g/mol. The minimum Gasteiger partial charge on any atom is -0.465 e. The Morgan fingerprint density at radius 3 is 2.50 bits per heavy atom. The van der Waals surface area contributed by atoms with Crippen molar-refractivity contribution in [3.8, 4) is 0 Å². The first kappa shape index (κ1) is 20.8. The lowest BCUT2D eigenvalue weighted by atomic mass is 10.1. The summed E-state index contributed by atoms with van der Waals surface area (Å²) in [5, 5.41) is 2.73. The van der Waals surface area contributed by atoms with E-state index in [1.54, 1.807) is 68.7 Å². The van der Waals surface area contributed by atoms with E-state index in [1.165, 1.54) is 12.0 Å². The molecule has 2 amide bonds. The third kappa shape index (κ3) is 4.72. The van der Waals surface area contributed by atoms with Crippen LogP contribution in [0.1, 0.15) is 42.7 Å². The Morgan fingerprint density at radius 2 is 1.87 bits per heavy atom. The molecule has 8 heteroatoms.